The minimum absolute atomic E-state index is 0.0693. The summed E-state index contributed by atoms with van der Waals surface area (Å²) in [6.45, 7) is 1.61. The molecule has 2 N–H and O–H groups in total. The number of piperidine rings is 1. The van der Waals surface area contributed by atoms with E-state index in [0.29, 0.717) is 32.0 Å². The topological polar surface area (TPSA) is 81.8 Å². The van der Waals surface area contributed by atoms with Crippen molar-refractivity contribution in [3.05, 3.63) is 35.6 Å². The van der Waals surface area contributed by atoms with E-state index in [4.69, 9.17) is 0 Å². The standard InChI is InChI=1S/C22H35FN4O3S/c1-26(22(28)18-11-14-27(15-12-18)31(2,29)30)13-5-3-4-6-20-16-21(25-24-20)17-7-9-19(23)10-8-17/h7-10,18,20-21,24-25H,3-6,11-16H2,1-2H3. The fourth-order valence-electron chi connectivity index (χ4n) is 4.50. The molecule has 2 saturated heterocycles. The fourth-order valence-corrected chi connectivity index (χ4v) is 5.37. The van der Waals surface area contributed by atoms with Crippen LogP contribution in [0.3, 0.4) is 0 Å². The van der Waals surface area contributed by atoms with Crippen LogP contribution in [-0.4, -0.2) is 62.5 Å². The predicted octanol–water partition coefficient (Wildman–Crippen LogP) is 2.42. The Morgan fingerprint density at radius 1 is 1.13 bits per heavy atom. The number of hydrogen-bond donors (Lipinski definition) is 2. The van der Waals surface area contributed by atoms with Crippen LogP contribution in [0.25, 0.3) is 0 Å². The minimum Gasteiger partial charge on any atom is -0.346 e. The largest absolute Gasteiger partial charge is 0.346 e. The lowest BCUT2D eigenvalue weighted by molar-refractivity contribution is -0.135. The first-order valence-corrected chi connectivity index (χ1v) is 13.1. The van der Waals surface area contributed by atoms with Crippen molar-refractivity contribution >= 4 is 15.9 Å². The second-order valence-electron chi connectivity index (χ2n) is 8.87. The molecule has 2 atom stereocenters. The molecule has 0 radical (unpaired) electrons. The molecule has 0 spiro atoms. The summed E-state index contributed by atoms with van der Waals surface area (Å²) in [6.07, 6.45) is 7.58. The Bertz CT molecular complexity index is 826. The first kappa shape index (κ1) is 24.1. The fraction of sp³-hybridized carbons (Fsp3) is 0.682. The van der Waals surface area contributed by atoms with E-state index in [9.17, 15) is 17.6 Å². The summed E-state index contributed by atoms with van der Waals surface area (Å²) in [6, 6.07) is 7.26. The maximum Gasteiger partial charge on any atom is 0.225 e. The zero-order valence-electron chi connectivity index (χ0n) is 18.5. The Morgan fingerprint density at radius 2 is 1.81 bits per heavy atom. The molecule has 0 bridgehead atoms. The summed E-state index contributed by atoms with van der Waals surface area (Å²) in [5.41, 5.74) is 7.73. The van der Waals surface area contributed by atoms with Crippen LogP contribution in [0.5, 0.6) is 0 Å². The SMILES string of the molecule is CN(CCCCCC1CC(c2ccc(F)cc2)NN1)C(=O)C1CCN(S(C)(=O)=O)CC1. The highest BCUT2D eigenvalue weighted by Gasteiger charge is 2.30. The Balaban J connectivity index is 1.29. The van der Waals surface area contributed by atoms with Crippen molar-refractivity contribution in [2.75, 3.05) is 32.9 Å². The quantitative estimate of drug-likeness (QED) is 0.560. The number of nitrogens with zero attached hydrogens (tertiary/aromatic N) is 2. The van der Waals surface area contributed by atoms with Crippen molar-refractivity contribution in [3.63, 3.8) is 0 Å². The number of hydrogen-bond acceptors (Lipinski definition) is 5. The van der Waals surface area contributed by atoms with Crippen molar-refractivity contribution < 1.29 is 17.6 Å². The van der Waals surface area contributed by atoms with Gasteiger partial charge >= 0.3 is 0 Å². The Morgan fingerprint density at radius 3 is 2.45 bits per heavy atom. The van der Waals surface area contributed by atoms with E-state index < -0.39 is 10.0 Å². The second kappa shape index (κ2) is 10.8. The third-order valence-electron chi connectivity index (χ3n) is 6.45. The molecule has 0 aliphatic carbocycles. The van der Waals surface area contributed by atoms with Crippen LogP contribution in [0.4, 0.5) is 4.39 Å². The Hall–Kier alpha value is -1.55. The van der Waals surface area contributed by atoms with Gasteiger partial charge in [0, 0.05) is 44.7 Å². The van der Waals surface area contributed by atoms with Gasteiger partial charge in [-0.15, -0.1) is 0 Å². The van der Waals surface area contributed by atoms with Crippen LogP contribution in [-0.2, 0) is 14.8 Å². The van der Waals surface area contributed by atoms with Gasteiger partial charge < -0.3 is 4.90 Å². The molecule has 1 aromatic carbocycles. The zero-order valence-corrected chi connectivity index (χ0v) is 19.3. The Labute approximate surface area is 185 Å². The summed E-state index contributed by atoms with van der Waals surface area (Å²) in [5, 5.41) is 0. The van der Waals surface area contributed by atoms with Gasteiger partial charge in [-0.3, -0.25) is 15.6 Å². The van der Waals surface area contributed by atoms with Crippen LogP contribution in [0.15, 0.2) is 24.3 Å². The molecule has 174 valence electrons. The van der Waals surface area contributed by atoms with Crippen molar-refractivity contribution in [2.45, 2.75) is 57.0 Å². The van der Waals surface area contributed by atoms with Crippen LogP contribution >= 0.6 is 0 Å². The first-order valence-electron chi connectivity index (χ1n) is 11.2. The lowest BCUT2D eigenvalue weighted by Crippen LogP contribution is -2.43. The van der Waals surface area contributed by atoms with Crippen LogP contribution in [0.1, 0.15) is 56.6 Å². The number of nitrogens with one attached hydrogen (secondary N) is 2. The Kier molecular flexibility index (Phi) is 8.43. The smallest absolute Gasteiger partial charge is 0.225 e. The molecule has 2 aliphatic rings. The highest BCUT2D eigenvalue weighted by atomic mass is 32.2. The molecule has 1 aromatic rings. The molecule has 9 heteroatoms. The molecule has 3 rings (SSSR count). The summed E-state index contributed by atoms with van der Waals surface area (Å²) < 4.78 is 37.7. The van der Waals surface area contributed by atoms with Gasteiger partial charge in [-0.1, -0.05) is 25.0 Å². The molecule has 2 aliphatic heterocycles. The molecule has 7 nitrogen and oxygen atoms in total. The van der Waals surface area contributed by atoms with Gasteiger partial charge in [-0.2, -0.15) is 0 Å². The monoisotopic (exact) mass is 454 g/mol. The molecule has 2 heterocycles. The summed E-state index contributed by atoms with van der Waals surface area (Å²) in [7, 11) is -1.31. The van der Waals surface area contributed by atoms with E-state index in [1.54, 1.807) is 4.90 Å². The highest BCUT2D eigenvalue weighted by Crippen LogP contribution is 2.25. The van der Waals surface area contributed by atoms with E-state index in [1.165, 1.54) is 22.7 Å². The van der Waals surface area contributed by atoms with Crippen LogP contribution in [0.2, 0.25) is 0 Å². The van der Waals surface area contributed by atoms with E-state index >= 15 is 0 Å². The van der Waals surface area contributed by atoms with Gasteiger partial charge in [0.05, 0.1) is 6.26 Å². The lowest BCUT2D eigenvalue weighted by Gasteiger charge is -2.31. The lowest BCUT2D eigenvalue weighted by atomic mass is 9.96. The number of benzene rings is 1. The van der Waals surface area contributed by atoms with Crippen molar-refractivity contribution in [2.24, 2.45) is 5.92 Å². The second-order valence-corrected chi connectivity index (χ2v) is 10.9. The van der Waals surface area contributed by atoms with E-state index in [-0.39, 0.29) is 23.7 Å². The van der Waals surface area contributed by atoms with Gasteiger partial charge in [0.25, 0.3) is 0 Å². The van der Waals surface area contributed by atoms with E-state index in [0.717, 1.165) is 44.2 Å². The molecule has 2 fully saturated rings. The first-order chi connectivity index (χ1) is 14.7. The number of amides is 1. The van der Waals surface area contributed by atoms with Gasteiger partial charge in [-0.25, -0.2) is 17.1 Å². The number of carbonyl (C=O) groups excluding carboxylic acids is 1. The van der Waals surface area contributed by atoms with Gasteiger partial charge in [0.1, 0.15) is 5.82 Å². The third-order valence-corrected chi connectivity index (χ3v) is 7.75. The maximum atomic E-state index is 13.1. The number of carbonyl (C=O) groups is 1. The van der Waals surface area contributed by atoms with Gasteiger partial charge in [0.15, 0.2) is 0 Å². The summed E-state index contributed by atoms with van der Waals surface area (Å²) in [5.74, 6) is -0.147. The number of sulfonamides is 1. The summed E-state index contributed by atoms with van der Waals surface area (Å²) >= 11 is 0. The maximum absolute atomic E-state index is 13.1. The molecule has 0 aromatic heterocycles. The van der Waals surface area contributed by atoms with Gasteiger partial charge in [0.2, 0.25) is 15.9 Å². The molecule has 1 amide bonds. The number of halogens is 1. The van der Waals surface area contributed by atoms with E-state index in [1.807, 2.05) is 19.2 Å². The molecular weight excluding hydrogens is 419 g/mol. The van der Waals surface area contributed by atoms with Crippen molar-refractivity contribution in [1.29, 1.82) is 0 Å². The predicted molar refractivity (Wildman–Crippen MR) is 119 cm³/mol. The molecule has 31 heavy (non-hydrogen) atoms. The number of unbranched alkanes of at least 4 members (excludes halogenated alkanes) is 2. The van der Waals surface area contributed by atoms with Gasteiger partial charge in [-0.05, 0) is 49.8 Å². The highest BCUT2D eigenvalue weighted by molar-refractivity contribution is 7.88. The van der Waals surface area contributed by atoms with Crippen LogP contribution < -0.4 is 10.9 Å². The molecule has 0 saturated carbocycles. The number of hydrazine groups is 1. The third kappa shape index (κ3) is 6.97. The molecular formula is C22H35FN4O3S. The van der Waals surface area contributed by atoms with E-state index in [2.05, 4.69) is 10.9 Å². The average Bonchev–Trinajstić information content (AvgIpc) is 3.21. The normalized spacial score (nSPS) is 23.2. The zero-order chi connectivity index (χ0) is 22.4. The average molecular weight is 455 g/mol. The van der Waals surface area contributed by atoms with Crippen molar-refractivity contribution in [3.8, 4) is 0 Å². The summed E-state index contributed by atoms with van der Waals surface area (Å²) in [4.78, 5) is 14.4. The minimum atomic E-state index is -3.16. The number of rotatable bonds is 9. The van der Waals surface area contributed by atoms with Crippen molar-refractivity contribution in [1.82, 2.24) is 20.1 Å². The van der Waals surface area contributed by atoms with Crippen LogP contribution in [0, 0.1) is 11.7 Å². The molecule has 2 unspecified atom stereocenters.